The molecule has 21 heavy (non-hydrogen) atoms. The first kappa shape index (κ1) is 17.3. The molecule has 4 nitrogen and oxygen atoms in total. The molecule has 0 fully saturated rings. The van der Waals surface area contributed by atoms with Crippen LogP contribution in [0.25, 0.3) is 5.57 Å². The van der Waals surface area contributed by atoms with Gasteiger partial charge in [-0.1, -0.05) is 36.5 Å². The lowest BCUT2D eigenvalue weighted by molar-refractivity contribution is -0.344. The second-order valence-corrected chi connectivity index (χ2v) is 4.52. The minimum absolute atomic E-state index is 0.135. The van der Waals surface area contributed by atoms with Crippen LogP contribution in [0.15, 0.2) is 30.5 Å². The minimum atomic E-state index is -5.23. The molecule has 0 saturated heterocycles. The fraction of sp³-hybridized carbons (Fsp3) is 0.231. The first-order valence-corrected chi connectivity index (χ1v) is 6.16. The summed E-state index contributed by atoms with van der Waals surface area (Å²) in [6, 6.07) is 5.81. The number of aliphatic hydroxyl groups is 2. The summed E-state index contributed by atoms with van der Waals surface area (Å²) in [4.78, 5) is 0. The summed E-state index contributed by atoms with van der Waals surface area (Å²) in [5, 5.41) is 26.8. The molecule has 8 heteroatoms. The van der Waals surface area contributed by atoms with Gasteiger partial charge in [0.05, 0.1) is 6.42 Å². The largest absolute Gasteiger partial charge is 0.443 e. The van der Waals surface area contributed by atoms with Gasteiger partial charge in [-0.2, -0.15) is 13.2 Å². The van der Waals surface area contributed by atoms with E-state index < -0.39 is 24.1 Å². The average molecular weight is 318 g/mol. The van der Waals surface area contributed by atoms with Crippen molar-refractivity contribution < 1.29 is 23.4 Å². The predicted octanol–water partition coefficient (Wildman–Crippen LogP) is 1.99. The lowest BCUT2D eigenvalue weighted by Gasteiger charge is -2.24. The third-order valence-electron chi connectivity index (χ3n) is 2.75. The van der Waals surface area contributed by atoms with Crippen molar-refractivity contribution in [1.82, 2.24) is 0 Å². The number of allylic oxidation sites excluding steroid dienone is 1. The molecular weight excluding hydrogens is 305 g/mol. The van der Waals surface area contributed by atoms with Gasteiger partial charge in [0.25, 0.3) is 5.79 Å². The van der Waals surface area contributed by atoms with E-state index in [0.717, 1.165) is 0 Å². The maximum Gasteiger partial charge on any atom is 0.443 e. The second kappa shape index (κ2) is 6.33. The second-order valence-electron chi connectivity index (χ2n) is 4.29. The van der Waals surface area contributed by atoms with E-state index in [9.17, 15) is 13.2 Å². The molecule has 0 aromatic heterocycles. The standard InChI is InChI=1S/C13H13F3N2O2S/c14-13(15,16)12(19,20)5-11(18)9-3-1-8(2-4-9)10(6-17)7-21/h1-4,6-7,18-20H,5,17H2/b10-6+,18-11?. The quantitative estimate of drug-likeness (QED) is 0.289. The Bertz CT molecular complexity index is 566. The van der Waals surface area contributed by atoms with Gasteiger partial charge in [-0.15, -0.1) is 0 Å². The Morgan fingerprint density at radius 2 is 1.67 bits per heavy atom. The van der Waals surface area contributed by atoms with Crippen LogP contribution in [0.3, 0.4) is 0 Å². The van der Waals surface area contributed by atoms with Crippen LogP contribution >= 0.6 is 12.2 Å². The molecule has 0 spiro atoms. The average Bonchev–Trinajstić information content (AvgIpc) is 2.39. The van der Waals surface area contributed by atoms with Crippen LogP contribution in [0.1, 0.15) is 17.5 Å². The highest BCUT2D eigenvalue weighted by molar-refractivity contribution is 7.79. The molecule has 0 bridgehead atoms. The number of nitrogens with one attached hydrogen (secondary N) is 1. The van der Waals surface area contributed by atoms with E-state index >= 15 is 0 Å². The number of hydrogen-bond donors (Lipinski definition) is 4. The predicted molar refractivity (Wildman–Crippen MR) is 76.9 cm³/mol. The molecule has 0 unspecified atom stereocenters. The third-order valence-corrected chi connectivity index (χ3v) is 3.00. The van der Waals surface area contributed by atoms with Gasteiger partial charge >= 0.3 is 6.18 Å². The maximum atomic E-state index is 12.3. The van der Waals surface area contributed by atoms with E-state index in [1.54, 1.807) is 0 Å². The summed E-state index contributed by atoms with van der Waals surface area (Å²) in [5.41, 5.74) is 6.13. The molecule has 1 aromatic carbocycles. The molecule has 114 valence electrons. The molecule has 0 aliphatic heterocycles. The Balaban J connectivity index is 2.93. The molecular formula is C13H13F3N2O2S. The normalized spacial score (nSPS) is 13.1. The summed E-state index contributed by atoms with van der Waals surface area (Å²) in [7, 11) is 0. The summed E-state index contributed by atoms with van der Waals surface area (Å²) in [5.74, 6) is -3.93. The first-order chi connectivity index (χ1) is 9.62. The van der Waals surface area contributed by atoms with E-state index in [0.29, 0.717) is 11.1 Å². The maximum absolute atomic E-state index is 12.3. The number of hydrogen-bond acceptors (Lipinski definition) is 5. The highest BCUT2D eigenvalue weighted by atomic mass is 32.1. The number of benzene rings is 1. The summed E-state index contributed by atoms with van der Waals surface area (Å²) >= 11 is 4.74. The number of rotatable bonds is 5. The lowest BCUT2D eigenvalue weighted by atomic mass is 9.99. The Morgan fingerprint density at radius 1 is 1.19 bits per heavy atom. The number of halogens is 3. The van der Waals surface area contributed by atoms with Crippen LogP contribution in [-0.2, 0) is 0 Å². The minimum Gasteiger partial charge on any atom is -0.404 e. The third kappa shape index (κ3) is 4.10. The van der Waals surface area contributed by atoms with Gasteiger partial charge in [0.15, 0.2) is 0 Å². The van der Waals surface area contributed by atoms with Crippen molar-refractivity contribution in [3.8, 4) is 0 Å². The van der Waals surface area contributed by atoms with E-state index in [2.05, 4.69) is 0 Å². The van der Waals surface area contributed by atoms with E-state index in [1.165, 1.54) is 35.8 Å². The van der Waals surface area contributed by atoms with Crippen molar-refractivity contribution in [2.75, 3.05) is 0 Å². The highest BCUT2D eigenvalue weighted by Gasteiger charge is 2.53. The van der Waals surface area contributed by atoms with Crippen LogP contribution in [0.2, 0.25) is 0 Å². The van der Waals surface area contributed by atoms with Crippen molar-refractivity contribution in [1.29, 1.82) is 5.41 Å². The van der Waals surface area contributed by atoms with Crippen molar-refractivity contribution in [3.63, 3.8) is 0 Å². The lowest BCUT2D eigenvalue weighted by Crippen LogP contribution is -2.46. The van der Waals surface area contributed by atoms with Crippen LogP contribution in [0, 0.1) is 5.41 Å². The SMILES string of the molecule is N=C(CC(O)(O)C(F)(F)F)c1ccc(/C(C=S)=C/N)cc1. The number of nitrogens with two attached hydrogens (primary N) is 1. The van der Waals surface area contributed by atoms with Crippen LogP contribution in [-0.4, -0.2) is 33.3 Å². The van der Waals surface area contributed by atoms with E-state index in [4.69, 9.17) is 33.6 Å². The summed E-state index contributed by atoms with van der Waals surface area (Å²) in [6.45, 7) is 0. The van der Waals surface area contributed by atoms with Crippen LogP contribution in [0.5, 0.6) is 0 Å². The number of alkyl halides is 3. The molecule has 1 aromatic rings. The van der Waals surface area contributed by atoms with Crippen molar-refractivity contribution >= 4 is 28.9 Å². The van der Waals surface area contributed by atoms with E-state index in [1.807, 2.05) is 0 Å². The topological polar surface area (TPSA) is 90.3 Å². The molecule has 5 N–H and O–H groups in total. The number of thiocarbonyl (C=S) groups is 1. The smallest absolute Gasteiger partial charge is 0.404 e. The van der Waals surface area contributed by atoms with Gasteiger partial charge in [-0.3, -0.25) is 0 Å². The summed E-state index contributed by atoms with van der Waals surface area (Å²) < 4.78 is 37.0. The van der Waals surface area contributed by atoms with Gasteiger partial charge in [-0.05, 0) is 11.1 Å². The zero-order chi connectivity index (χ0) is 16.3. The first-order valence-electron chi connectivity index (χ1n) is 5.69. The Labute approximate surface area is 124 Å². The Morgan fingerprint density at radius 3 is 2.05 bits per heavy atom. The molecule has 1 rings (SSSR count). The fourth-order valence-corrected chi connectivity index (χ4v) is 1.73. The van der Waals surface area contributed by atoms with Crippen LogP contribution in [0.4, 0.5) is 13.2 Å². The van der Waals surface area contributed by atoms with Gasteiger partial charge in [0.1, 0.15) is 0 Å². The van der Waals surface area contributed by atoms with E-state index in [-0.39, 0.29) is 5.56 Å². The van der Waals surface area contributed by atoms with Gasteiger partial charge in [0, 0.05) is 22.9 Å². The highest BCUT2D eigenvalue weighted by Crippen LogP contribution is 2.31. The Hall–Kier alpha value is -1.77. The molecule has 0 atom stereocenters. The zero-order valence-electron chi connectivity index (χ0n) is 10.7. The van der Waals surface area contributed by atoms with Gasteiger partial charge in [-0.25, -0.2) is 0 Å². The van der Waals surface area contributed by atoms with Crippen molar-refractivity contribution in [2.45, 2.75) is 18.4 Å². The van der Waals surface area contributed by atoms with Crippen molar-refractivity contribution in [3.05, 3.63) is 41.6 Å². The fourth-order valence-electron chi connectivity index (χ4n) is 1.52. The monoisotopic (exact) mass is 318 g/mol. The van der Waals surface area contributed by atoms with Crippen molar-refractivity contribution in [2.24, 2.45) is 5.73 Å². The van der Waals surface area contributed by atoms with Gasteiger partial charge < -0.3 is 21.4 Å². The molecule has 0 aliphatic carbocycles. The zero-order valence-corrected chi connectivity index (χ0v) is 11.5. The molecule has 0 heterocycles. The molecule has 0 aliphatic rings. The van der Waals surface area contributed by atoms with Gasteiger partial charge in [0.2, 0.25) is 0 Å². The molecule has 0 saturated carbocycles. The molecule has 0 amide bonds. The summed E-state index contributed by atoms with van der Waals surface area (Å²) in [6.07, 6.45) is -5.21. The van der Waals surface area contributed by atoms with Crippen LogP contribution < -0.4 is 5.73 Å². The Kier molecular flexibility index (Phi) is 5.21. The molecule has 0 radical (unpaired) electrons.